The van der Waals surface area contributed by atoms with Gasteiger partial charge in [-0.2, -0.15) is 0 Å². The largest absolute Gasteiger partial charge is 0.0622 e. The van der Waals surface area contributed by atoms with Crippen LogP contribution in [-0.4, -0.2) is 0 Å². The third-order valence-corrected chi connectivity index (χ3v) is 14.3. The standard InChI is InChI=1S/C66H40/c1-6-18-41(19-7-1)49-30-17-31-50(42-20-8-2-9-21-42)64(49)48-33-35-52-56(37-48)63(45-26-14-5-15-27-45)60-40-55-54(39-59(60)62(52)44-24-12-4-13-25-44)57-36-47-29-16-28-46-32-34-51-53(43-22-10-3-11-23-43)38-58(55)65(57)66(51)61(46)47/h1-40H. The Kier molecular flexibility index (Phi) is 8.08. The van der Waals surface area contributed by atoms with Crippen LogP contribution in [0.2, 0.25) is 0 Å². The van der Waals surface area contributed by atoms with Gasteiger partial charge in [-0.1, -0.05) is 212 Å². The molecule has 0 amide bonds. The zero-order valence-electron chi connectivity index (χ0n) is 36.1. The van der Waals surface area contributed by atoms with Crippen molar-refractivity contribution in [2.75, 3.05) is 0 Å². The summed E-state index contributed by atoms with van der Waals surface area (Å²) in [5.41, 5.74) is 20.0. The molecule has 0 saturated heterocycles. The number of benzene rings is 13. The van der Waals surface area contributed by atoms with E-state index in [-0.39, 0.29) is 0 Å². The van der Waals surface area contributed by atoms with Crippen LogP contribution in [0.1, 0.15) is 0 Å². The summed E-state index contributed by atoms with van der Waals surface area (Å²) < 4.78 is 0. The van der Waals surface area contributed by atoms with E-state index in [0.717, 1.165) is 0 Å². The Hall–Kier alpha value is -8.58. The summed E-state index contributed by atoms with van der Waals surface area (Å²) in [4.78, 5) is 0. The first-order valence-electron chi connectivity index (χ1n) is 23.0. The van der Waals surface area contributed by atoms with E-state index in [0.29, 0.717) is 0 Å². The molecule has 66 heavy (non-hydrogen) atoms. The summed E-state index contributed by atoms with van der Waals surface area (Å²) >= 11 is 0. The molecule has 0 heteroatoms. The van der Waals surface area contributed by atoms with Gasteiger partial charge in [-0.25, -0.2) is 0 Å². The zero-order chi connectivity index (χ0) is 43.3. The van der Waals surface area contributed by atoms with Crippen molar-refractivity contribution in [2.24, 2.45) is 0 Å². The van der Waals surface area contributed by atoms with Gasteiger partial charge in [0.25, 0.3) is 0 Å². The minimum absolute atomic E-state index is 1.19. The van der Waals surface area contributed by atoms with Crippen LogP contribution in [0.3, 0.4) is 0 Å². The van der Waals surface area contributed by atoms with E-state index in [1.165, 1.54) is 143 Å². The molecule has 0 aliphatic heterocycles. The van der Waals surface area contributed by atoms with Gasteiger partial charge in [0, 0.05) is 0 Å². The third-order valence-electron chi connectivity index (χ3n) is 14.3. The molecule has 13 aromatic rings. The van der Waals surface area contributed by atoms with Crippen LogP contribution in [0.25, 0.3) is 143 Å². The van der Waals surface area contributed by atoms with Crippen molar-refractivity contribution < 1.29 is 0 Å². The molecule has 1 aliphatic carbocycles. The first-order chi connectivity index (χ1) is 32.8. The van der Waals surface area contributed by atoms with Gasteiger partial charge in [0.2, 0.25) is 0 Å². The molecule has 0 aromatic heterocycles. The highest BCUT2D eigenvalue weighted by molar-refractivity contribution is 6.35. The van der Waals surface area contributed by atoms with Crippen LogP contribution in [0.4, 0.5) is 0 Å². The van der Waals surface area contributed by atoms with Crippen LogP contribution in [0.15, 0.2) is 243 Å². The molecule has 0 radical (unpaired) electrons. The summed E-state index contributed by atoms with van der Waals surface area (Å²) in [5.74, 6) is 0. The van der Waals surface area contributed by atoms with Crippen molar-refractivity contribution in [1.82, 2.24) is 0 Å². The highest BCUT2D eigenvalue weighted by atomic mass is 14.3. The van der Waals surface area contributed by atoms with Gasteiger partial charge in [0.15, 0.2) is 0 Å². The normalized spacial score (nSPS) is 11.9. The lowest BCUT2D eigenvalue weighted by atomic mass is 9.81. The van der Waals surface area contributed by atoms with Crippen LogP contribution in [0.5, 0.6) is 0 Å². The molecule has 0 N–H and O–H groups in total. The molecule has 0 fully saturated rings. The molecular weight excluding hydrogens is 793 g/mol. The maximum atomic E-state index is 2.55. The fourth-order valence-corrected chi connectivity index (χ4v) is 11.5. The number of hydrogen-bond acceptors (Lipinski definition) is 0. The van der Waals surface area contributed by atoms with E-state index >= 15 is 0 Å². The minimum atomic E-state index is 1.19. The van der Waals surface area contributed by atoms with E-state index in [1.807, 2.05) is 0 Å². The lowest BCUT2D eigenvalue weighted by Crippen LogP contribution is -1.94. The fraction of sp³-hybridized carbons (Fsp3) is 0. The number of rotatable bonds is 6. The highest BCUT2D eigenvalue weighted by Crippen LogP contribution is 2.57. The molecule has 0 saturated carbocycles. The van der Waals surface area contributed by atoms with E-state index in [1.54, 1.807) is 0 Å². The number of hydrogen-bond donors (Lipinski definition) is 0. The van der Waals surface area contributed by atoms with Crippen LogP contribution in [-0.2, 0) is 0 Å². The summed E-state index contributed by atoms with van der Waals surface area (Å²) in [5, 5.41) is 13.0. The lowest BCUT2D eigenvalue weighted by molar-refractivity contribution is 1.56. The Labute approximate surface area is 383 Å². The first kappa shape index (κ1) is 36.9. The molecule has 0 heterocycles. The van der Waals surface area contributed by atoms with Crippen molar-refractivity contribution in [1.29, 1.82) is 0 Å². The first-order valence-corrected chi connectivity index (χ1v) is 23.0. The smallest absolute Gasteiger partial charge is 0.000807 e. The van der Waals surface area contributed by atoms with E-state index < -0.39 is 0 Å². The summed E-state index contributed by atoms with van der Waals surface area (Å²) in [6.07, 6.45) is 0. The van der Waals surface area contributed by atoms with Crippen molar-refractivity contribution in [3.05, 3.63) is 243 Å². The van der Waals surface area contributed by atoms with Gasteiger partial charge in [-0.3, -0.25) is 0 Å². The molecule has 14 rings (SSSR count). The predicted molar refractivity (Wildman–Crippen MR) is 282 cm³/mol. The Morgan fingerprint density at radius 2 is 0.621 bits per heavy atom. The van der Waals surface area contributed by atoms with Crippen LogP contribution >= 0.6 is 0 Å². The highest BCUT2D eigenvalue weighted by Gasteiger charge is 2.29. The van der Waals surface area contributed by atoms with Crippen molar-refractivity contribution in [3.63, 3.8) is 0 Å². The average Bonchev–Trinajstić information content (AvgIpc) is 3.70. The SMILES string of the molecule is c1ccc(-c2cccc(-c3ccccc3)c2-c2ccc3c(-c4ccccc4)c4cc5c(cc4c(-c4ccccc4)c3c2)-c2cc(-c3ccccc3)c3ccc4cccc6cc-5c2c3c46)cc1. The zero-order valence-corrected chi connectivity index (χ0v) is 36.1. The second kappa shape index (κ2) is 14.5. The Balaban J connectivity index is 1.14. The van der Waals surface area contributed by atoms with Crippen molar-refractivity contribution in [3.8, 4) is 89.0 Å². The van der Waals surface area contributed by atoms with Gasteiger partial charge in [-0.05, 0) is 173 Å². The maximum absolute atomic E-state index is 2.55. The second-order valence-corrected chi connectivity index (χ2v) is 17.9. The molecule has 13 aromatic carbocycles. The second-order valence-electron chi connectivity index (χ2n) is 17.9. The van der Waals surface area contributed by atoms with Crippen LogP contribution < -0.4 is 0 Å². The number of fused-ring (bicyclic) bond motifs is 5. The molecule has 0 bridgehead atoms. The molecule has 1 aliphatic rings. The third kappa shape index (κ3) is 5.46. The van der Waals surface area contributed by atoms with E-state index in [4.69, 9.17) is 0 Å². The van der Waals surface area contributed by atoms with Gasteiger partial charge < -0.3 is 0 Å². The molecule has 0 atom stereocenters. The average molecular weight is 833 g/mol. The summed E-state index contributed by atoms with van der Waals surface area (Å²) in [7, 11) is 0. The molecule has 304 valence electrons. The van der Waals surface area contributed by atoms with Crippen LogP contribution in [0, 0.1) is 0 Å². The predicted octanol–water partition coefficient (Wildman–Crippen LogP) is 18.5. The van der Waals surface area contributed by atoms with Gasteiger partial charge in [0.05, 0.1) is 0 Å². The monoisotopic (exact) mass is 832 g/mol. The fourth-order valence-electron chi connectivity index (χ4n) is 11.5. The van der Waals surface area contributed by atoms with E-state index in [2.05, 4.69) is 243 Å². The summed E-state index contributed by atoms with van der Waals surface area (Å²) in [6.45, 7) is 0. The van der Waals surface area contributed by atoms with Gasteiger partial charge in [0.1, 0.15) is 0 Å². The minimum Gasteiger partial charge on any atom is -0.0622 e. The Morgan fingerprint density at radius 1 is 0.167 bits per heavy atom. The molecule has 0 unspecified atom stereocenters. The summed E-state index contributed by atoms with van der Waals surface area (Å²) in [6, 6.07) is 90.4. The topological polar surface area (TPSA) is 0 Å². The molecule has 0 spiro atoms. The molecular formula is C66H40. The van der Waals surface area contributed by atoms with Crippen molar-refractivity contribution in [2.45, 2.75) is 0 Å². The Morgan fingerprint density at radius 3 is 1.20 bits per heavy atom. The van der Waals surface area contributed by atoms with Crippen molar-refractivity contribution >= 4 is 53.9 Å². The maximum Gasteiger partial charge on any atom is -0.000807 e. The lowest BCUT2D eigenvalue weighted by Gasteiger charge is -2.21. The van der Waals surface area contributed by atoms with Gasteiger partial charge in [-0.15, -0.1) is 0 Å². The van der Waals surface area contributed by atoms with E-state index in [9.17, 15) is 0 Å². The quantitative estimate of drug-likeness (QED) is 0.116. The van der Waals surface area contributed by atoms with Gasteiger partial charge >= 0.3 is 0 Å². The molecule has 0 nitrogen and oxygen atoms in total. The Bertz CT molecular complexity index is 3980.